The van der Waals surface area contributed by atoms with E-state index in [2.05, 4.69) is 5.73 Å². The fourth-order valence-corrected chi connectivity index (χ4v) is 3.05. The zero-order chi connectivity index (χ0) is 13.5. The molecule has 0 saturated heterocycles. The van der Waals surface area contributed by atoms with Crippen LogP contribution in [-0.2, 0) is 18.4 Å². The molecular weight excluding hydrogens is 243 g/mol. The van der Waals surface area contributed by atoms with Crippen LogP contribution in [0.3, 0.4) is 0 Å². The smallest absolute Gasteiger partial charge is 0.337 e. The Hall–Kier alpha value is -0.420. The van der Waals surface area contributed by atoms with Gasteiger partial charge in [-0.2, -0.15) is 0 Å². The van der Waals surface area contributed by atoms with Crippen LogP contribution in [0.25, 0.3) is 0 Å². The van der Waals surface area contributed by atoms with Crippen LogP contribution in [0.15, 0.2) is 0 Å². The molecule has 0 aromatic heterocycles. The molecule has 0 aliphatic carbocycles. The summed E-state index contributed by atoms with van der Waals surface area (Å²) in [5.41, 5.74) is 3.66. The summed E-state index contributed by atoms with van der Waals surface area (Å²) in [6.07, 6.45) is 0. The van der Waals surface area contributed by atoms with E-state index in [1.165, 1.54) is 0 Å². The minimum atomic E-state index is -3.45. The fourth-order valence-electron chi connectivity index (χ4n) is 1.46. The molecule has 0 heterocycles. The highest BCUT2D eigenvalue weighted by Crippen LogP contribution is 2.50. The fraction of sp³-hybridized carbons (Fsp3) is 0.900. The SMILES string of the molecule is CCOP(=O)(OCC)C([NH3+])C(=O)N(CC)CC. The summed E-state index contributed by atoms with van der Waals surface area (Å²) in [5, 5.41) is 0. The number of hydrogen-bond donors (Lipinski definition) is 1. The maximum absolute atomic E-state index is 12.3. The zero-order valence-electron chi connectivity index (χ0n) is 11.1. The predicted octanol–water partition coefficient (Wildman–Crippen LogP) is 0.689. The van der Waals surface area contributed by atoms with Gasteiger partial charge in [-0.3, -0.25) is 9.36 Å². The lowest BCUT2D eigenvalue weighted by atomic mass is 10.4. The van der Waals surface area contributed by atoms with Gasteiger partial charge in [-0.05, 0) is 27.7 Å². The van der Waals surface area contributed by atoms with E-state index in [0.29, 0.717) is 13.1 Å². The van der Waals surface area contributed by atoms with Crippen molar-refractivity contribution in [3.63, 3.8) is 0 Å². The van der Waals surface area contributed by atoms with Crippen molar-refractivity contribution < 1.29 is 24.1 Å². The first-order valence-corrected chi connectivity index (χ1v) is 7.58. The van der Waals surface area contributed by atoms with E-state index in [1.807, 2.05) is 13.8 Å². The molecule has 102 valence electrons. The second-order valence-electron chi connectivity index (χ2n) is 3.40. The summed E-state index contributed by atoms with van der Waals surface area (Å²) in [6, 6.07) is 0. The van der Waals surface area contributed by atoms with Gasteiger partial charge in [0.2, 0.25) is 0 Å². The first kappa shape index (κ1) is 16.6. The Kier molecular flexibility index (Phi) is 7.63. The first-order valence-electron chi connectivity index (χ1n) is 5.97. The number of quaternary nitrogens is 1. The number of amides is 1. The maximum Gasteiger partial charge on any atom is 0.397 e. The molecular formula is C10H24N2O4P+. The molecule has 0 aromatic rings. The van der Waals surface area contributed by atoms with E-state index in [9.17, 15) is 9.36 Å². The van der Waals surface area contributed by atoms with Crippen LogP contribution in [0.1, 0.15) is 27.7 Å². The second-order valence-corrected chi connectivity index (χ2v) is 5.62. The van der Waals surface area contributed by atoms with Crippen molar-refractivity contribution >= 4 is 13.5 Å². The average molecular weight is 267 g/mol. The highest BCUT2D eigenvalue weighted by molar-refractivity contribution is 7.55. The van der Waals surface area contributed by atoms with Crippen LogP contribution in [0.5, 0.6) is 0 Å². The first-order chi connectivity index (χ1) is 7.96. The summed E-state index contributed by atoms with van der Waals surface area (Å²) < 4.78 is 22.6. The third-order valence-electron chi connectivity index (χ3n) is 2.36. The lowest BCUT2D eigenvalue weighted by Crippen LogP contribution is -2.67. The molecule has 1 amide bonds. The van der Waals surface area contributed by atoms with Gasteiger partial charge in [-0.15, -0.1) is 0 Å². The van der Waals surface area contributed by atoms with Crippen molar-refractivity contribution in [3.05, 3.63) is 0 Å². The van der Waals surface area contributed by atoms with Gasteiger partial charge < -0.3 is 19.7 Å². The topological polar surface area (TPSA) is 83.5 Å². The predicted molar refractivity (Wildman–Crippen MR) is 65.5 cm³/mol. The third kappa shape index (κ3) is 4.39. The number of carbonyl (C=O) groups is 1. The molecule has 0 bridgehead atoms. The van der Waals surface area contributed by atoms with Crippen LogP contribution in [0.4, 0.5) is 0 Å². The van der Waals surface area contributed by atoms with Crippen molar-refractivity contribution in [2.45, 2.75) is 33.5 Å². The van der Waals surface area contributed by atoms with Crippen LogP contribution < -0.4 is 5.73 Å². The highest BCUT2D eigenvalue weighted by Gasteiger charge is 2.43. The molecule has 1 unspecified atom stereocenters. The Labute approximate surface area is 103 Å². The van der Waals surface area contributed by atoms with Gasteiger partial charge >= 0.3 is 7.60 Å². The quantitative estimate of drug-likeness (QED) is 0.656. The van der Waals surface area contributed by atoms with Gasteiger partial charge in [-0.1, -0.05) is 0 Å². The summed E-state index contributed by atoms with van der Waals surface area (Å²) in [4.78, 5) is 13.6. The second kappa shape index (κ2) is 7.82. The molecule has 0 spiro atoms. The Morgan fingerprint density at radius 3 is 1.88 bits per heavy atom. The molecule has 1 atom stereocenters. The van der Waals surface area contributed by atoms with Crippen molar-refractivity contribution in [1.29, 1.82) is 0 Å². The molecule has 6 nitrogen and oxygen atoms in total. The summed E-state index contributed by atoms with van der Waals surface area (Å²) in [7, 11) is -3.45. The lowest BCUT2D eigenvalue weighted by Gasteiger charge is -2.25. The van der Waals surface area contributed by atoms with E-state index in [0.717, 1.165) is 0 Å². The number of rotatable bonds is 8. The molecule has 0 fully saturated rings. The molecule has 0 saturated carbocycles. The van der Waals surface area contributed by atoms with Gasteiger partial charge in [0.15, 0.2) is 0 Å². The highest BCUT2D eigenvalue weighted by atomic mass is 31.2. The molecule has 0 aliphatic rings. The van der Waals surface area contributed by atoms with E-state index in [-0.39, 0.29) is 19.1 Å². The normalized spacial score (nSPS) is 13.5. The molecule has 3 N–H and O–H groups in total. The lowest BCUT2D eigenvalue weighted by molar-refractivity contribution is -0.382. The minimum Gasteiger partial charge on any atom is -0.337 e. The van der Waals surface area contributed by atoms with Gasteiger partial charge in [0.05, 0.1) is 13.2 Å². The van der Waals surface area contributed by atoms with Gasteiger partial charge in [-0.25, -0.2) is 0 Å². The van der Waals surface area contributed by atoms with Gasteiger partial charge in [0.1, 0.15) is 0 Å². The van der Waals surface area contributed by atoms with Crippen molar-refractivity contribution in [2.75, 3.05) is 26.3 Å². The number of likely N-dealkylation sites (N-methyl/N-ethyl adjacent to an activating group) is 1. The average Bonchev–Trinajstić information content (AvgIpc) is 2.30. The largest absolute Gasteiger partial charge is 0.397 e. The monoisotopic (exact) mass is 267 g/mol. The zero-order valence-corrected chi connectivity index (χ0v) is 12.0. The molecule has 0 aromatic carbocycles. The van der Waals surface area contributed by atoms with Crippen molar-refractivity contribution in [3.8, 4) is 0 Å². The molecule has 17 heavy (non-hydrogen) atoms. The van der Waals surface area contributed by atoms with E-state index in [1.54, 1.807) is 18.7 Å². The summed E-state index contributed by atoms with van der Waals surface area (Å²) in [6.45, 7) is 8.71. The number of nitrogens with zero attached hydrogens (tertiary/aromatic N) is 1. The van der Waals surface area contributed by atoms with E-state index >= 15 is 0 Å². The van der Waals surface area contributed by atoms with Crippen molar-refractivity contribution in [1.82, 2.24) is 4.90 Å². The van der Waals surface area contributed by atoms with E-state index in [4.69, 9.17) is 9.05 Å². The maximum atomic E-state index is 12.3. The number of hydrogen-bond acceptors (Lipinski definition) is 4. The van der Waals surface area contributed by atoms with Crippen LogP contribution in [0, 0.1) is 0 Å². The summed E-state index contributed by atoms with van der Waals surface area (Å²) in [5.74, 6) is -1.29. The standard InChI is InChI=1S/C10H23N2O4P/c1-5-12(6-2)10(13)9(11)17(14,15-7-3)16-8-4/h9H,5-8,11H2,1-4H3/p+1. The third-order valence-corrected chi connectivity index (χ3v) is 4.58. The molecule has 0 aliphatic heterocycles. The Bertz CT molecular complexity index is 271. The van der Waals surface area contributed by atoms with Gasteiger partial charge in [0, 0.05) is 13.1 Å². The summed E-state index contributed by atoms with van der Waals surface area (Å²) >= 11 is 0. The van der Waals surface area contributed by atoms with Gasteiger partial charge in [0.25, 0.3) is 11.7 Å². The number of carbonyl (C=O) groups excluding carboxylic acids is 1. The Morgan fingerprint density at radius 1 is 1.18 bits per heavy atom. The minimum absolute atomic E-state index is 0.231. The van der Waals surface area contributed by atoms with E-state index < -0.39 is 13.4 Å². The van der Waals surface area contributed by atoms with Crippen LogP contribution in [0.2, 0.25) is 0 Å². The van der Waals surface area contributed by atoms with Crippen LogP contribution in [-0.4, -0.2) is 42.9 Å². The molecule has 0 radical (unpaired) electrons. The van der Waals surface area contributed by atoms with Crippen LogP contribution >= 0.6 is 7.60 Å². The molecule has 0 rings (SSSR count). The molecule has 7 heteroatoms. The Balaban J connectivity index is 4.88. The Morgan fingerprint density at radius 2 is 1.59 bits per heavy atom. The van der Waals surface area contributed by atoms with Crippen molar-refractivity contribution in [2.24, 2.45) is 0 Å².